The number of carbonyl (C=O) groups is 3. The van der Waals surface area contributed by atoms with Crippen LogP contribution in [0.2, 0.25) is 0 Å². The van der Waals surface area contributed by atoms with Crippen LogP contribution in [-0.2, 0) is 28.6 Å². The molecule has 0 aliphatic rings. The number of allylic oxidation sites excluding steroid dienone is 11. The van der Waals surface area contributed by atoms with Gasteiger partial charge >= 0.3 is 17.9 Å². The van der Waals surface area contributed by atoms with Crippen LogP contribution >= 0.6 is 0 Å². The Hall–Kier alpha value is -3.15. The molecule has 0 aliphatic carbocycles. The molecule has 6 nitrogen and oxygen atoms in total. The molecule has 0 saturated heterocycles. The molecule has 0 heterocycles. The number of carbonyl (C=O) groups excluding carboxylic acids is 3. The van der Waals surface area contributed by atoms with Gasteiger partial charge in [-0.3, -0.25) is 14.4 Å². The molecule has 0 fully saturated rings. The fourth-order valence-corrected chi connectivity index (χ4v) is 8.87. The Morgan fingerprint density at radius 2 is 0.597 bits per heavy atom. The topological polar surface area (TPSA) is 78.9 Å². The quantitative estimate of drug-likeness (QED) is 0.0261. The van der Waals surface area contributed by atoms with E-state index in [0.717, 1.165) is 83.5 Å². The second kappa shape index (κ2) is 60.4. The van der Waals surface area contributed by atoms with Crippen molar-refractivity contribution in [2.24, 2.45) is 0 Å². The van der Waals surface area contributed by atoms with Crippen molar-refractivity contribution in [2.45, 2.75) is 316 Å². The average molecular weight is 1010 g/mol. The average Bonchev–Trinajstić information content (AvgIpc) is 3.38. The van der Waals surface area contributed by atoms with E-state index in [1.165, 1.54) is 186 Å². The SMILES string of the molecule is CC/C=C\C/C=C\C/C=C\C/C=C\C/C=C\CC(=O)OCC(COC(=O)CCCCCCCCCCCCCCCCCCCCCCCCC)OC(=O)CCCCCCC/C=C\CCCCCCCCC. The van der Waals surface area contributed by atoms with Crippen LogP contribution in [0.1, 0.15) is 310 Å². The summed E-state index contributed by atoms with van der Waals surface area (Å²) < 4.78 is 16.8. The molecule has 0 aromatic heterocycles. The van der Waals surface area contributed by atoms with E-state index in [1.54, 1.807) is 6.08 Å². The lowest BCUT2D eigenvalue weighted by Gasteiger charge is -2.18. The summed E-state index contributed by atoms with van der Waals surface area (Å²) in [7, 11) is 0. The van der Waals surface area contributed by atoms with E-state index >= 15 is 0 Å². The third-order valence-corrected chi connectivity index (χ3v) is 13.5. The van der Waals surface area contributed by atoms with Crippen LogP contribution in [0, 0.1) is 0 Å². The summed E-state index contributed by atoms with van der Waals surface area (Å²) in [4.78, 5) is 38.2. The van der Waals surface area contributed by atoms with Gasteiger partial charge in [0.15, 0.2) is 6.10 Å². The minimum Gasteiger partial charge on any atom is -0.462 e. The Balaban J connectivity index is 4.38. The molecule has 0 radical (unpaired) electrons. The number of rotatable bonds is 56. The van der Waals surface area contributed by atoms with Gasteiger partial charge in [0.25, 0.3) is 0 Å². The minimum absolute atomic E-state index is 0.106. The standard InChI is InChI=1S/C66H116O6/c1-4-7-10-13-16-19-22-25-28-30-31-32-33-34-35-36-39-41-44-47-50-53-56-59-65(68)71-62-63(61-70-64(67)58-55-52-49-46-43-40-37-27-24-21-18-15-12-9-6-3)72-66(69)60-57-54-51-48-45-42-38-29-26-23-20-17-14-11-8-5-2/h9,12,18,21,27,29,37-38,43,46,52,55,63H,4-8,10-11,13-17,19-20,22-26,28,30-36,39-42,44-45,47-51,53-54,56-62H2,1-3H3/b12-9-,21-18-,37-27-,38-29-,46-43-,55-52-. The van der Waals surface area contributed by atoms with Gasteiger partial charge in [-0.2, -0.15) is 0 Å². The van der Waals surface area contributed by atoms with Crippen LogP contribution in [0.15, 0.2) is 72.9 Å². The lowest BCUT2D eigenvalue weighted by atomic mass is 10.0. The van der Waals surface area contributed by atoms with Gasteiger partial charge in [-0.05, 0) is 70.6 Å². The van der Waals surface area contributed by atoms with E-state index in [9.17, 15) is 14.4 Å². The summed E-state index contributed by atoms with van der Waals surface area (Å²) in [6.45, 7) is 6.47. The normalized spacial score (nSPS) is 12.5. The van der Waals surface area contributed by atoms with Crippen LogP contribution in [0.25, 0.3) is 0 Å². The second-order valence-electron chi connectivity index (χ2n) is 20.6. The zero-order chi connectivity index (χ0) is 52.2. The van der Waals surface area contributed by atoms with Crippen molar-refractivity contribution >= 4 is 17.9 Å². The molecule has 0 aromatic rings. The molecular formula is C66H116O6. The number of hydrogen-bond donors (Lipinski definition) is 0. The zero-order valence-electron chi connectivity index (χ0n) is 47.7. The number of ether oxygens (including phenoxy) is 3. The third kappa shape index (κ3) is 57.7. The van der Waals surface area contributed by atoms with E-state index in [4.69, 9.17) is 14.2 Å². The van der Waals surface area contributed by atoms with Crippen LogP contribution in [0.5, 0.6) is 0 Å². The van der Waals surface area contributed by atoms with Crippen LogP contribution in [-0.4, -0.2) is 37.2 Å². The van der Waals surface area contributed by atoms with Crippen LogP contribution in [0.4, 0.5) is 0 Å². The first-order valence-corrected chi connectivity index (χ1v) is 30.9. The molecule has 0 amide bonds. The first-order valence-electron chi connectivity index (χ1n) is 30.9. The molecule has 0 N–H and O–H groups in total. The summed E-state index contributed by atoms with van der Waals surface area (Å²) in [6.07, 6.45) is 77.9. The summed E-state index contributed by atoms with van der Waals surface area (Å²) in [5.74, 6) is -1.04. The first-order chi connectivity index (χ1) is 35.5. The molecule has 6 heteroatoms. The second-order valence-corrected chi connectivity index (χ2v) is 20.6. The highest BCUT2D eigenvalue weighted by Gasteiger charge is 2.19. The van der Waals surface area contributed by atoms with E-state index in [2.05, 4.69) is 81.5 Å². The van der Waals surface area contributed by atoms with Gasteiger partial charge in [-0.25, -0.2) is 0 Å². The largest absolute Gasteiger partial charge is 0.462 e. The van der Waals surface area contributed by atoms with Crippen molar-refractivity contribution in [1.82, 2.24) is 0 Å². The maximum Gasteiger partial charge on any atom is 0.309 e. The molecule has 0 rings (SSSR count). The van der Waals surface area contributed by atoms with Crippen molar-refractivity contribution in [3.05, 3.63) is 72.9 Å². The highest BCUT2D eigenvalue weighted by molar-refractivity contribution is 5.72. The van der Waals surface area contributed by atoms with Gasteiger partial charge in [0.2, 0.25) is 0 Å². The van der Waals surface area contributed by atoms with Gasteiger partial charge in [-0.15, -0.1) is 0 Å². The van der Waals surface area contributed by atoms with Crippen molar-refractivity contribution in [1.29, 1.82) is 0 Å². The van der Waals surface area contributed by atoms with E-state index in [-0.39, 0.29) is 31.6 Å². The molecule has 0 saturated carbocycles. The molecule has 1 atom stereocenters. The highest BCUT2D eigenvalue weighted by atomic mass is 16.6. The molecule has 0 aliphatic heterocycles. The minimum atomic E-state index is -0.819. The Labute approximate surface area is 446 Å². The molecule has 72 heavy (non-hydrogen) atoms. The maximum absolute atomic E-state index is 12.9. The van der Waals surface area contributed by atoms with Crippen molar-refractivity contribution in [3.63, 3.8) is 0 Å². The Bertz CT molecular complexity index is 1340. The van der Waals surface area contributed by atoms with E-state index in [1.807, 2.05) is 6.08 Å². The van der Waals surface area contributed by atoms with Gasteiger partial charge < -0.3 is 14.2 Å². The van der Waals surface area contributed by atoms with Crippen molar-refractivity contribution in [2.75, 3.05) is 13.2 Å². The van der Waals surface area contributed by atoms with Gasteiger partial charge in [0, 0.05) is 12.8 Å². The Kier molecular flexibility index (Phi) is 57.8. The summed E-state index contributed by atoms with van der Waals surface area (Å²) in [6, 6.07) is 0. The predicted molar refractivity (Wildman–Crippen MR) is 311 cm³/mol. The number of esters is 3. The summed E-state index contributed by atoms with van der Waals surface area (Å²) >= 11 is 0. The molecule has 0 bridgehead atoms. The number of unbranched alkanes of at least 4 members (excludes halogenated alkanes) is 34. The summed E-state index contributed by atoms with van der Waals surface area (Å²) in [5, 5.41) is 0. The molecule has 416 valence electrons. The fourth-order valence-electron chi connectivity index (χ4n) is 8.87. The number of hydrogen-bond acceptors (Lipinski definition) is 6. The lowest BCUT2D eigenvalue weighted by molar-refractivity contribution is -0.166. The van der Waals surface area contributed by atoms with Crippen LogP contribution in [0.3, 0.4) is 0 Å². The molecular weight excluding hydrogens is 889 g/mol. The first kappa shape index (κ1) is 68.8. The summed E-state index contributed by atoms with van der Waals surface area (Å²) in [5.41, 5.74) is 0. The Morgan fingerprint density at radius 1 is 0.306 bits per heavy atom. The molecule has 0 spiro atoms. The smallest absolute Gasteiger partial charge is 0.309 e. The predicted octanol–water partition coefficient (Wildman–Crippen LogP) is 20.9. The van der Waals surface area contributed by atoms with Gasteiger partial charge in [0.1, 0.15) is 13.2 Å². The molecule has 0 aromatic carbocycles. The highest BCUT2D eigenvalue weighted by Crippen LogP contribution is 2.17. The van der Waals surface area contributed by atoms with Crippen molar-refractivity contribution < 1.29 is 28.6 Å². The van der Waals surface area contributed by atoms with E-state index in [0.29, 0.717) is 12.8 Å². The Morgan fingerprint density at radius 3 is 0.958 bits per heavy atom. The van der Waals surface area contributed by atoms with E-state index < -0.39 is 12.1 Å². The fraction of sp³-hybridized carbons (Fsp3) is 0.773. The zero-order valence-corrected chi connectivity index (χ0v) is 47.7. The van der Waals surface area contributed by atoms with Crippen molar-refractivity contribution in [3.8, 4) is 0 Å². The monoisotopic (exact) mass is 1000 g/mol. The molecule has 1 unspecified atom stereocenters. The third-order valence-electron chi connectivity index (χ3n) is 13.5. The van der Waals surface area contributed by atoms with Gasteiger partial charge in [-0.1, -0.05) is 293 Å². The lowest BCUT2D eigenvalue weighted by Crippen LogP contribution is -2.30. The maximum atomic E-state index is 12.9. The van der Waals surface area contributed by atoms with Gasteiger partial charge in [0.05, 0.1) is 6.42 Å². The van der Waals surface area contributed by atoms with Crippen LogP contribution < -0.4 is 0 Å².